The van der Waals surface area contributed by atoms with Gasteiger partial charge < -0.3 is 10.1 Å². The van der Waals surface area contributed by atoms with Crippen LogP contribution in [0.4, 0.5) is 23.2 Å². The number of carbonyl (C=O) groups excluding carboxylic acids is 1. The number of ether oxygens (including phenoxy) is 1. The average molecular weight is 338 g/mol. The van der Waals surface area contributed by atoms with Crippen LogP contribution in [0, 0.1) is 17.1 Å². The zero-order valence-electron chi connectivity index (χ0n) is 12.0. The number of alkyl halides is 3. The summed E-state index contributed by atoms with van der Waals surface area (Å²) in [5, 5.41) is 11.5. The van der Waals surface area contributed by atoms with Crippen molar-refractivity contribution in [3.8, 4) is 11.8 Å². The number of anilines is 1. The van der Waals surface area contributed by atoms with E-state index < -0.39 is 24.5 Å². The molecule has 0 aliphatic rings. The molecule has 0 saturated heterocycles. The summed E-state index contributed by atoms with van der Waals surface area (Å²) in [7, 11) is 0. The van der Waals surface area contributed by atoms with Crippen molar-refractivity contribution in [2.45, 2.75) is 6.18 Å². The minimum atomic E-state index is -4.53. The van der Waals surface area contributed by atoms with Crippen molar-refractivity contribution < 1.29 is 27.1 Å². The summed E-state index contributed by atoms with van der Waals surface area (Å²) in [6.07, 6.45) is -4.53. The van der Waals surface area contributed by atoms with Crippen LogP contribution >= 0.6 is 0 Å². The van der Waals surface area contributed by atoms with Crippen LogP contribution in [0.1, 0.15) is 15.9 Å². The number of rotatable bonds is 4. The number of hydrogen-bond acceptors (Lipinski definition) is 3. The van der Waals surface area contributed by atoms with Gasteiger partial charge in [0.2, 0.25) is 0 Å². The van der Waals surface area contributed by atoms with Crippen LogP contribution in [-0.2, 0) is 0 Å². The van der Waals surface area contributed by atoms with E-state index in [0.717, 1.165) is 18.2 Å². The topological polar surface area (TPSA) is 62.1 Å². The highest BCUT2D eigenvalue weighted by Gasteiger charge is 2.28. The third-order valence-corrected chi connectivity index (χ3v) is 2.86. The van der Waals surface area contributed by atoms with Gasteiger partial charge in [-0.2, -0.15) is 18.4 Å². The van der Waals surface area contributed by atoms with Crippen molar-refractivity contribution in [1.29, 1.82) is 5.26 Å². The van der Waals surface area contributed by atoms with Gasteiger partial charge in [0.1, 0.15) is 17.6 Å². The minimum Gasteiger partial charge on any atom is -0.483 e. The number of hydrogen-bond donors (Lipinski definition) is 1. The molecule has 2 rings (SSSR count). The third-order valence-electron chi connectivity index (χ3n) is 2.86. The fourth-order valence-corrected chi connectivity index (χ4v) is 1.79. The molecule has 0 aliphatic carbocycles. The lowest BCUT2D eigenvalue weighted by Gasteiger charge is -2.12. The van der Waals surface area contributed by atoms with Gasteiger partial charge >= 0.3 is 6.18 Å². The van der Waals surface area contributed by atoms with E-state index in [9.17, 15) is 22.4 Å². The molecule has 0 saturated carbocycles. The van der Waals surface area contributed by atoms with E-state index in [-0.39, 0.29) is 22.6 Å². The van der Waals surface area contributed by atoms with Gasteiger partial charge in [-0.3, -0.25) is 4.79 Å². The number of nitriles is 1. The van der Waals surface area contributed by atoms with Crippen LogP contribution < -0.4 is 10.1 Å². The first-order chi connectivity index (χ1) is 11.3. The van der Waals surface area contributed by atoms with Crippen molar-refractivity contribution in [2.24, 2.45) is 0 Å². The number of amides is 1. The molecule has 0 radical (unpaired) electrons. The lowest BCUT2D eigenvalue weighted by Crippen LogP contribution is -2.19. The lowest BCUT2D eigenvalue weighted by molar-refractivity contribution is -0.153. The quantitative estimate of drug-likeness (QED) is 0.860. The maximum Gasteiger partial charge on any atom is 0.422 e. The van der Waals surface area contributed by atoms with Gasteiger partial charge in [0.05, 0.1) is 5.56 Å². The zero-order valence-corrected chi connectivity index (χ0v) is 12.0. The second kappa shape index (κ2) is 7.00. The number of benzene rings is 2. The van der Waals surface area contributed by atoms with Crippen LogP contribution in [0.15, 0.2) is 42.5 Å². The summed E-state index contributed by atoms with van der Waals surface area (Å²) in [5.74, 6) is -1.29. The summed E-state index contributed by atoms with van der Waals surface area (Å²) >= 11 is 0. The predicted octanol–water partition coefficient (Wildman–Crippen LogP) is 3.89. The fraction of sp³-hybridized carbons (Fsp3) is 0.125. The highest BCUT2D eigenvalue weighted by molar-refractivity contribution is 6.04. The summed E-state index contributed by atoms with van der Waals surface area (Å²) in [6.45, 7) is -1.52. The molecule has 2 aromatic carbocycles. The molecule has 2 aromatic rings. The number of nitrogens with zero attached hydrogens (tertiary/aromatic N) is 1. The van der Waals surface area contributed by atoms with Crippen LogP contribution in [0.2, 0.25) is 0 Å². The van der Waals surface area contributed by atoms with E-state index in [0.29, 0.717) is 0 Å². The maximum absolute atomic E-state index is 12.8. The summed E-state index contributed by atoms with van der Waals surface area (Å²) < 4.78 is 53.8. The molecular weight excluding hydrogens is 328 g/mol. The molecular formula is C16H10F4N2O2. The SMILES string of the molecule is N#Cc1cc(NC(=O)c2ccc(F)cc2)ccc1OCC(F)(F)F. The second-order valence-electron chi connectivity index (χ2n) is 4.69. The Bertz CT molecular complexity index is 780. The van der Waals surface area contributed by atoms with Crippen LogP contribution in [0.3, 0.4) is 0 Å². The smallest absolute Gasteiger partial charge is 0.422 e. The lowest BCUT2D eigenvalue weighted by atomic mass is 10.1. The Kier molecular flexibility index (Phi) is 5.04. The van der Waals surface area contributed by atoms with E-state index >= 15 is 0 Å². The molecule has 0 aromatic heterocycles. The van der Waals surface area contributed by atoms with E-state index in [2.05, 4.69) is 10.1 Å². The van der Waals surface area contributed by atoms with E-state index in [1.807, 2.05) is 0 Å². The molecule has 0 bridgehead atoms. The van der Waals surface area contributed by atoms with Crippen molar-refractivity contribution in [2.75, 3.05) is 11.9 Å². The first-order valence-corrected chi connectivity index (χ1v) is 6.59. The first-order valence-electron chi connectivity index (χ1n) is 6.59. The number of nitrogens with one attached hydrogen (secondary N) is 1. The van der Waals surface area contributed by atoms with Gasteiger partial charge in [-0.15, -0.1) is 0 Å². The molecule has 0 heterocycles. The molecule has 0 spiro atoms. The third kappa shape index (κ3) is 4.71. The average Bonchev–Trinajstić information content (AvgIpc) is 2.53. The summed E-state index contributed by atoms with van der Waals surface area (Å²) in [4.78, 5) is 12.0. The Morgan fingerprint density at radius 3 is 2.42 bits per heavy atom. The Morgan fingerprint density at radius 1 is 1.17 bits per heavy atom. The number of carbonyl (C=O) groups is 1. The van der Waals surface area contributed by atoms with Crippen LogP contribution in [0.5, 0.6) is 5.75 Å². The van der Waals surface area contributed by atoms with Crippen molar-refractivity contribution in [3.05, 3.63) is 59.4 Å². The van der Waals surface area contributed by atoms with Crippen molar-refractivity contribution >= 4 is 11.6 Å². The van der Waals surface area contributed by atoms with E-state index in [1.165, 1.54) is 24.3 Å². The summed E-state index contributed by atoms with van der Waals surface area (Å²) in [5.41, 5.74) is 0.226. The highest BCUT2D eigenvalue weighted by Crippen LogP contribution is 2.25. The molecule has 0 aliphatic heterocycles. The normalized spacial score (nSPS) is 10.8. The standard InChI is InChI=1S/C16H10F4N2O2/c17-12-3-1-10(2-4-12)15(23)22-13-5-6-14(11(7-13)8-21)24-9-16(18,19)20/h1-7H,9H2,(H,22,23). The van der Waals surface area contributed by atoms with Crippen LogP contribution in [-0.4, -0.2) is 18.7 Å². The second-order valence-corrected chi connectivity index (χ2v) is 4.69. The molecule has 1 N–H and O–H groups in total. The zero-order chi connectivity index (χ0) is 17.7. The molecule has 1 amide bonds. The van der Waals surface area contributed by atoms with Gasteiger partial charge in [0.25, 0.3) is 5.91 Å². The molecule has 4 nitrogen and oxygen atoms in total. The van der Waals surface area contributed by atoms with Gasteiger partial charge in [-0.05, 0) is 42.5 Å². The highest BCUT2D eigenvalue weighted by atomic mass is 19.4. The van der Waals surface area contributed by atoms with Gasteiger partial charge in [0, 0.05) is 11.3 Å². The van der Waals surface area contributed by atoms with Crippen molar-refractivity contribution in [3.63, 3.8) is 0 Å². The maximum atomic E-state index is 12.8. The molecule has 124 valence electrons. The van der Waals surface area contributed by atoms with Gasteiger partial charge in [0.15, 0.2) is 6.61 Å². The van der Waals surface area contributed by atoms with Gasteiger partial charge in [-0.1, -0.05) is 0 Å². The van der Waals surface area contributed by atoms with E-state index in [1.54, 1.807) is 6.07 Å². The predicted molar refractivity (Wildman–Crippen MR) is 77.1 cm³/mol. The first kappa shape index (κ1) is 17.3. The Balaban J connectivity index is 2.13. The molecule has 0 atom stereocenters. The van der Waals surface area contributed by atoms with Crippen molar-refractivity contribution in [1.82, 2.24) is 0 Å². The molecule has 24 heavy (non-hydrogen) atoms. The molecule has 8 heteroatoms. The molecule has 0 fully saturated rings. The molecule has 0 unspecified atom stereocenters. The number of halogens is 4. The monoisotopic (exact) mass is 338 g/mol. The Hall–Kier alpha value is -3.08. The fourth-order valence-electron chi connectivity index (χ4n) is 1.79. The largest absolute Gasteiger partial charge is 0.483 e. The summed E-state index contributed by atoms with van der Waals surface area (Å²) in [6, 6.07) is 10.1. The Labute approximate surface area is 134 Å². The van der Waals surface area contributed by atoms with Gasteiger partial charge in [-0.25, -0.2) is 4.39 Å². The van der Waals surface area contributed by atoms with Crippen LogP contribution in [0.25, 0.3) is 0 Å². The Morgan fingerprint density at radius 2 is 1.83 bits per heavy atom. The minimum absolute atomic E-state index is 0.156. The van der Waals surface area contributed by atoms with E-state index in [4.69, 9.17) is 5.26 Å².